The van der Waals surface area contributed by atoms with Crippen LogP contribution < -0.4 is 26.6 Å². The standard InChI is InChI=1S/C23H24F3N7O2S/c1-12(2)29-20(34)14-5-3-4-6-16(14)30-21(35)32-22-31-17-7-8-33(11-18(17)36-22)13-9-15(23(24,25)26)19(27)28-10-13/h3-6,9-10,12H,7-8,11H2,1-2H3,(H2,27,28)(H,29,34)(H2,30,31,32,35). The van der Waals surface area contributed by atoms with Crippen LogP contribution in [-0.2, 0) is 19.1 Å². The van der Waals surface area contributed by atoms with Gasteiger partial charge in [0.05, 0.1) is 40.9 Å². The molecule has 3 aromatic rings. The zero-order valence-electron chi connectivity index (χ0n) is 19.4. The first-order chi connectivity index (χ1) is 17.0. The van der Waals surface area contributed by atoms with Crippen LogP contribution in [-0.4, -0.2) is 34.5 Å². The summed E-state index contributed by atoms with van der Waals surface area (Å²) >= 11 is 1.23. The molecular formula is C23H24F3N7O2S. The quantitative estimate of drug-likeness (QED) is 0.394. The van der Waals surface area contributed by atoms with Gasteiger partial charge in [-0.25, -0.2) is 14.8 Å². The molecule has 36 heavy (non-hydrogen) atoms. The van der Waals surface area contributed by atoms with Crippen molar-refractivity contribution >= 4 is 45.6 Å². The molecule has 0 saturated carbocycles. The van der Waals surface area contributed by atoms with Crippen molar-refractivity contribution < 1.29 is 22.8 Å². The van der Waals surface area contributed by atoms with Crippen LogP contribution in [0.4, 0.5) is 40.3 Å². The number of fused-ring (bicyclic) bond motifs is 1. The Hall–Kier alpha value is -3.87. The number of urea groups is 1. The van der Waals surface area contributed by atoms with E-state index in [1.165, 1.54) is 17.5 Å². The Balaban J connectivity index is 1.45. The van der Waals surface area contributed by atoms with Crippen molar-refractivity contribution in [2.75, 3.05) is 27.8 Å². The number of halogens is 3. The van der Waals surface area contributed by atoms with Crippen molar-refractivity contribution in [3.8, 4) is 0 Å². The number of amides is 3. The number of benzene rings is 1. The fraction of sp³-hybridized carbons (Fsp3) is 0.304. The molecule has 1 aliphatic rings. The molecule has 0 spiro atoms. The molecule has 0 radical (unpaired) electrons. The number of nitrogens with zero attached hydrogens (tertiary/aromatic N) is 3. The zero-order valence-corrected chi connectivity index (χ0v) is 20.3. The van der Waals surface area contributed by atoms with E-state index in [2.05, 4.69) is 25.9 Å². The number of carbonyl (C=O) groups is 2. The van der Waals surface area contributed by atoms with E-state index in [-0.39, 0.29) is 11.9 Å². The van der Waals surface area contributed by atoms with Crippen molar-refractivity contribution in [3.05, 3.63) is 58.2 Å². The molecule has 2 aromatic heterocycles. The van der Waals surface area contributed by atoms with Gasteiger partial charge in [0.15, 0.2) is 5.13 Å². The number of alkyl halides is 3. The third-order valence-electron chi connectivity index (χ3n) is 5.37. The minimum absolute atomic E-state index is 0.0651. The van der Waals surface area contributed by atoms with Crippen LogP contribution in [0.5, 0.6) is 0 Å². The summed E-state index contributed by atoms with van der Waals surface area (Å²) in [5, 5.41) is 8.48. The summed E-state index contributed by atoms with van der Waals surface area (Å²) < 4.78 is 39.7. The largest absolute Gasteiger partial charge is 0.420 e. The molecule has 3 heterocycles. The molecule has 0 aliphatic carbocycles. The van der Waals surface area contributed by atoms with Crippen molar-refractivity contribution in [3.63, 3.8) is 0 Å². The van der Waals surface area contributed by atoms with Crippen LogP contribution in [0.25, 0.3) is 0 Å². The molecule has 1 aromatic carbocycles. The van der Waals surface area contributed by atoms with Crippen molar-refractivity contribution in [2.45, 2.75) is 39.0 Å². The number of thiazole rings is 1. The summed E-state index contributed by atoms with van der Waals surface area (Å²) in [5.41, 5.74) is 6.17. The third kappa shape index (κ3) is 5.67. The topological polar surface area (TPSA) is 125 Å². The highest BCUT2D eigenvalue weighted by atomic mass is 32.1. The minimum Gasteiger partial charge on any atom is -0.383 e. The molecular weight excluding hydrogens is 495 g/mol. The van der Waals surface area contributed by atoms with E-state index >= 15 is 0 Å². The molecule has 5 N–H and O–H groups in total. The molecule has 9 nitrogen and oxygen atoms in total. The first kappa shape index (κ1) is 25.2. The van der Waals surface area contributed by atoms with Crippen LogP contribution >= 0.6 is 11.3 Å². The Kier molecular flexibility index (Phi) is 7.02. The van der Waals surface area contributed by atoms with Crippen LogP contribution in [0.15, 0.2) is 36.5 Å². The molecule has 0 fully saturated rings. The zero-order chi connectivity index (χ0) is 26.0. The smallest absolute Gasteiger partial charge is 0.383 e. The number of nitrogens with two attached hydrogens (primary N) is 1. The molecule has 0 unspecified atom stereocenters. The van der Waals surface area contributed by atoms with E-state index in [1.807, 2.05) is 13.8 Å². The second kappa shape index (κ2) is 10.0. The number of para-hydroxylation sites is 1. The van der Waals surface area contributed by atoms with Gasteiger partial charge in [-0.15, -0.1) is 0 Å². The highest BCUT2D eigenvalue weighted by Crippen LogP contribution is 2.36. The highest BCUT2D eigenvalue weighted by Gasteiger charge is 2.35. The summed E-state index contributed by atoms with van der Waals surface area (Å²) in [6.45, 7) is 4.43. The summed E-state index contributed by atoms with van der Waals surface area (Å²) in [5.74, 6) is -0.876. The molecule has 4 rings (SSSR count). The Morgan fingerprint density at radius 1 is 1.19 bits per heavy atom. The molecule has 13 heteroatoms. The minimum atomic E-state index is -4.60. The lowest BCUT2D eigenvalue weighted by atomic mass is 10.1. The Morgan fingerprint density at radius 2 is 1.94 bits per heavy atom. The fourth-order valence-corrected chi connectivity index (χ4v) is 4.73. The number of pyridine rings is 1. The second-order valence-electron chi connectivity index (χ2n) is 8.44. The molecule has 3 amide bonds. The average molecular weight is 520 g/mol. The van der Waals surface area contributed by atoms with Gasteiger partial charge >= 0.3 is 12.2 Å². The fourth-order valence-electron chi connectivity index (χ4n) is 3.71. The van der Waals surface area contributed by atoms with Crippen molar-refractivity contribution in [1.82, 2.24) is 15.3 Å². The van der Waals surface area contributed by atoms with Crippen molar-refractivity contribution in [1.29, 1.82) is 0 Å². The van der Waals surface area contributed by atoms with E-state index in [4.69, 9.17) is 5.73 Å². The Labute approximate surface area is 208 Å². The summed E-state index contributed by atoms with van der Waals surface area (Å²) in [6, 6.07) is 7.00. The number of nitrogen functional groups attached to an aromatic ring is 1. The molecule has 0 bridgehead atoms. The number of rotatable bonds is 5. The predicted molar refractivity (Wildman–Crippen MR) is 132 cm³/mol. The lowest BCUT2D eigenvalue weighted by molar-refractivity contribution is -0.137. The Bertz CT molecular complexity index is 1290. The first-order valence-corrected chi connectivity index (χ1v) is 11.9. The monoisotopic (exact) mass is 519 g/mol. The van der Waals surface area contributed by atoms with E-state index in [0.29, 0.717) is 41.6 Å². The third-order valence-corrected chi connectivity index (χ3v) is 6.36. The molecule has 1 aliphatic heterocycles. The van der Waals surface area contributed by atoms with E-state index < -0.39 is 23.6 Å². The number of carbonyl (C=O) groups excluding carboxylic acids is 2. The highest BCUT2D eigenvalue weighted by molar-refractivity contribution is 7.15. The lowest BCUT2D eigenvalue weighted by Crippen LogP contribution is -2.31. The van der Waals surface area contributed by atoms with Crippen molar-refractivity contribution in [2.24, 2.45) is 0 Å². The normalized spacial score (nSPS) is 13.3. The Morgan fingerprint density at radius 3 is 2.67 bits per heavy atom. The van der Waals surface area contributed by atoms with E-state index in [0.717, 1.165) is 16.6 Å². The van der Waals surface area contributed by atoms with Crippen LogP contribution in [0.2, 0.25) is 0 Å². The van der Waals surface area contributed by atoms with Gasteiger partial charge in [-0.05, 0) is 32.0 Å². The van der Waals surface area contributed by atoms with Gasteiger partial charge < -0.3 is 21.3 Å². The number of anilines is 4. The molecule has 190 valence electrons. The molecule has 0 atom stereocenters. The first-order valence-electron chi connectivity index (χ1n) is 11.1. The van der Waals surface area contributed by atoms with E-state index in [1.54, 1.807) is 29.2 Å². The average Bonchev–Trinajstić information content (AvgIpc) is 3.19. The number of hydrogen-bond donors (Lipinski definition) is 4. The van der Waals surface area contributed by atoms with Gasteiger partial charge in [0.2, 0.25) is 0 Å². The maximum atomic E-state index is 13.2. The molecule has 0 saturated heterocycles. The van der Waals surface area contributed by atoms with E-state index in [9.17, 15) is 22.8 Å². The van der Waals surface area contributed by atoms with Crippen LogP contribution in [0, 0.1) is 0 Å². The van der Waals surface area contributed by atoms with Gasteiger partial charge in [-0.3, -0.25) is 10.1 Å². The van der Waals surface area contributed by atoms with Gasteiger partial charge in [0.1, 0.15) is 5.82 Å². The van der Waals surface area contributed by atoms with Gasteiger partial charge in [0.25, 0.3) is 5.91 Å². The maximum absolute atomic E-state index is 13.2. The predicted octanol–water partition coefficient (Wildman–Crippen LogP) is 4.48. The summed E-state index contributed by atoms with van der Waals surface area (Å²) in [6.07, 6.45) is -2.80. The van der Waals surface area contributed by atoms with Crippen LogP contribution in [0.3, 0.4) is 0 Å². The number of nitrogens with one attached hydrogen (secondary N) is 3. The lowest BCUT2D eigenvalue weighted by Gasteiger charge is -2.28. The van der Waals surface area contributed by atoms with Crippen LogP contribution in [0.1, 0.15) is 40.3 Å². The van der Waals surface area contributed by atoms with Gasteiger partial charge in [-0.1, -0.05) is 23.5 Å². The maximum Gasteiger partial charge on any atom is 0.420 e. The summed E-state index contributed by atoms with van der Waals surface area (Å²) in [4.78, 5) is 35.8. The van der Waals surface area contributed by atoms with Gasteiger partial charge in [0, 0.05) is 23.9 Å². The SMILES string of the molecule is CC(C)NC(=O)c1ccccc1NC(=O)Nc1nc2c(s1)CN(c1cnc(N)c(C(F)(F)F)c1)CC2. The second-order valence-corrected chi connectivity index (χ2v) is 9.52. The number of hydrogen-bond acceptors (Lipinski definition) is 7. The summed E-state index contributed by atoms with van der Waals surface area (Å²) in [7, 11) is 0. The van der Waals surface area contributed by atoms with Gasteiger partial charge in [-0.2, -0.15) is 13.2 Å². The number of aromatic nitrogens is 2.